The summed E-state index contributed by atoms with van der Waals surface area (Å²) >= 11 is 0. The normalized spacial score (nSPS) is 18.4. The van der Waals surface area contributed by atoms with Crippen molar-refractivity contribution in [1.82, 2.24) is 9.97 Å². The van der Waals surface area contributed by atoms with E-state index in [-0.39, 0.29) is 0 Å². The number of hydrogen-bond acceptors (Lipinski definition) is 3. The maximum atomic E-state index is 6.19. The van der Waals surface area contributed by atoms with E-state index in [1.165, 1.54) is 94.6 Å². The molecule has 0 radical (unpaired) electrons. The van der Waals surface area contributed by atoms with Crippen LogP contribution in [0.1, 0.15) is 109 Å². The quantitative estimate of drug-likeness (QED) is 0.270. The maximum absolute atomic E-state index is 6.19. The lowest BCUT2D eigenvalue weighted by atomic mass is 9.80. The Balaban J connectivity index is 1.42. The number of benzene rings is 1. The average molecular weight is 451 g/mol. The fraction of sp³-hybridized carbons (Fsp3) is 0.667. The molecule has 0 saturated heterocycles. The van der Waals surface area contributed by atoms with Gasteiger partial charge in [0.05, 0.1) is 6.61 Å². The number of rotatable bonds is 14. The van der Waals surface area contributed by atoms with E-state index in [2.05, 4.69) is 48.9 Å². The average Bonchev–Trinajstić information content (AvgIpc) is 2.84. The Morgan fingerprint density at radius 3 is 2.15 bits per heavy atom. The molecule has 33 heavy (non-hydrogen) atoms. The summed E-state index contributed by atoms with van der Waals surface area (Å²) in [6.07, 6.45) is 22.4. The molecule has 0 amide bonds. The standard InChI is InChI=1S/C30H46N2O/c1-4-6-7-8-9-10-11-13-30-31-21-27(22-32-30)29-19-18-28(20-24(29)3)33-23-26-16-14-25(12-5-2)15-17-26/h18-22,25-26H,4-17,23H2,1-3H3/t25-,26-. The van der Waals surface area contributed by atoms with Gasteiger partial charge in [-0.3, -0.25) is 0 Å². The van der Waals surface area contributed by atoms with E-state index < -0.39 is 0 Å². The summed E-state index contributed by atoms with van der Waals surface area (Å²) in [5, 5.41) is 0. The second kappa shape index (κ2) is 14.4. The number of aryl methyl sites for hydroxylation is 2. The fourth-order valence-electron chi connectivity index (χ4n) is 5.22. The van der Waals surface area contributed by atoms with Gasteiger partial charge in [-0.05, 0) is 61.3 Å². The predicted octanol–water partition coefficient (Wildman–Crippen LogP) is 8.73. The van der Waals surface area contributed by atoms with Crippen LogP contribution in [-0.4, -0.2) is 16.6 Å². The molecule has 0 atom stereocenters. The lowest BCUT2D eigenvalue weighted by Gasteiger charge is -2.28. The molecule has 3 nitrogen and oxygen atoms in total. The topological polar surface area (TPSA) is 35.0 Å². The van der Waals surface area contributed by atoms with Crippen LogP contribution in [0.5, 0.6) is 5.75 Å². The van der Waals surface area contributed by atoms with Gasteiger partial charge >= 0.3 is 0 Å². The van der Waals surface area contributed by atoms with Crippen molar-refractivity contribution in [3.8, 4) is 16.9 Å². The molecule has 0 unspecified atom stereocenters. The van der Waals surface area contributed by atoms with Crippen LogP contribution in [-0.2, 0) is 6.42 Å². The Morgan fingerprint density at radius 2 is 1.48 bits per heavy atom. The third kappa shape index (κ3) is 8.76. The summed E-state index contributed by atoms with van der Waals surface area (Å²) in [6.45, 7) is 7.59. The first-order valence-electron chi connectivity index (χ1n) is 13.7. The Morgan fingerprint density at radius 1 is 0.818 bits per heavy atom. The van der Waals surface area contributed by atoms with Gasteiger partial charge < -0.3 is 4.74 Å². The van der Waals surface area contributed by atoms with Gasteiger partial charge in [0, 0.05) is 24.4 Å². The molecule has 1 aliphatic carbocycles. The second-order valence-electron chi connectivity index (χ2n) is 10.2. The molecular formula is C30H46N2O. The molecule has 0 spiro atoms. The molecule has 0 bridgehead atoms. The van der Waals surface area contributed by atoms with E-state index in [0.29, 0.717) is 0 Å². The van der Waals surface area contributed by atoms with Crippen LogP contribution in [0.15, 0.2) is 30.6 Å². The molecule has 3 rings (SSSR count). The SMILES string of the molecule is CCCCCCCCCc1ncc(-c2ccc(OC[C@H]3CC[C@H](CCC)CC3)cc2C)cn1. The third-order valence-corrected chi connectivity index (χ3v) is 7.37. The molecule has 1 heterocycles. The van der Waals surface area contributed by atoms with Gasteiger partial charge in [0.1, 0.15) is 11.6 Å². The van der Waals surface area contributed by atoms with Gasteiger partial charge in [0.15, 0.2) is 0 Å². The summed E-state index contributed by atoms with van der Waals surface area (Å²) in [4.78, 5) is 9.28. The minimum atomic E-state index is 0.718. The van der Waals surface area contributed by atoms with E-state index >= 15 is 0 Å². The van der Waals surface area contributed by atoms with Crippen molar-refractivity contribution in [3.05, 3.63) is 42.0 Å². The zero-order chi connectivity index (χ0) is 23.3. The lowest BCUT2D eigenvalue weighted by molar-refractivity contribution is 0.178. The number of ether oxygens (including phenoxy) is 1. The molecule has 1 aliphatic rings. The summed E-state index contributed by atoms with van der Waals surface area (Å²) < 4.78 is 6.19. The first-order valence-corrected chi connectivity index (χ1v) is 13.7. The van der Waals surface area contributed by atoms with Gasteiger partial charge in [-0.1, -0.05) is 84.1 Å². The Kier molecular flexibility index (Phi) is 11.2. The van der Waals surface area contributed by atoms with E-state index in [1.54, 1.807) is 0 Å². The van der Waals surface area contributed by atoms with Crippen molar-refractivity contribution in [2.45, 2.75) is 111 Å². The summed E-state index contributed by atoms with van der Waals surface area (Å²) in [6, 6.07) is 6.44. The molecule has 2 aromatic rings. The van der Waals surface area contributed by atoms with Crippen molar-refractivity contribution in [2.75, 3.05) is 6.61 Å². The van der Waals surface area contributed by atoms with Crippen LogP contribution in [0.3, 0.4) is 0 Å². The number of unbranched alkanes of at least 4 members (excludes halogenated alkanes) is 6. The van der Waals surface area contributed by atoms with E-state index in [4.69, 9.17) is 4.74 Å². The smallest absolute Gasteiger partial charge is 0.128 e. The monoisotopic (exact) mass is 450 g/mol. The van der Waals surface area contributed by atoms with E-state index in [1.807, 2.05) is 12.4 Å². The molecule has 1 saturated carbocycles. The van der Waals surface area contributed by atoms with Gasteiger partial charge in [-0.2, -0.15) is 0 Å². The largest absolute Gasteiger partial charge is 0.493 e. The second-order valence-corrected chi connectivity index (χ2v) is 10.2. The van der Waals surface area contributed by atoms with Crippen LogP contribution >= 0.6 is 0 Å². The molecule has 3 heteroatoms. The van der Waals surface area contributed by atoms with Crippen LogP contribution in [0.4, 0.5) is 0 Å². The van der Waals surface area contributed by atoms with Crippen LogP contribution in [0, 0.1) is 18.8 Å². The molecule has 0 N–H and O–H groups in total. The zero-order valence-corrected chi connectivity index (χ0v) is 21.5. The molecular weight excluding hydrogens is 404 g/mol. The predicted molar refractivity (Wildman–Crippen MR) is 140 cm³/mol. The Labute approximate surface area is 202 Å². The highest BCUT2D eigenvalue weighted by atomic mass is 16.5. The third-order valence-electron chi connectivity index (χ3n) is 7.37. The number of hydrogen-bond donors (Lipinski definition) is 0. The Bertz CT molecular complexity index is 793. The van der Waals surface area contributed by atoms with E-state index in [0.717, 1.165) is 42.0 Å². The van der Waals surface area contributed by atoms with Crippen molar-refractivity contribution in [1.29, 1.82) is 0 Å². The van der Waals surface area contributed by atoms with Crippen molar-refractivity contribution < 1.29 is 4.74 Å². The van der Waals surface area contributed by atoms with Crippen molar-refractivity contribution in [3.63, 3.8) is 0 Å². The van der Waals surface area contributed by atoms with Crippen LogP contribution in [0.25, 0.3) is 11.1 Å². The Hall–Kier alpha value is -1.90. The summed E-state index contributed by atoms with van der Waals surface area (Å²) in [7, 11) is 0. The summed E-state index contributed by atoms with van der Waals surface area (Å²) in [5.41, 5.74) is 3.52. The lowest BCUT2D eigenvalue weighted by Crippen LogP contribution is -2.20. The highest BCUT2D eigenvalue weighted by Crippen LogP contribution is 2.32. The van der Waals surface area contributed by atoms with Crippen molar-refractivity contribution in [2.24, 2.45) is 11.8 Å². The zero-order valence-electron chi connectivity index (χ0n) is 21.5. The first kappa shape index (κ1) is 25.7. The number of nitrogens with zero attached hydrogens (tertiary/aromatic N) is 2. The highest BCUT2D eigenvalue weighted by molar-refractivity contribution is 5.66. The minimum absolute atomic E-state index is 0.718. The van der Waals surface area contributed by atoms with Crippen LogP contribution < -0.4 is 4.74 Å². The molecule has 1 aromatic heterocycles. The van der Waals surface area contributed by atoms with Gasteiger partial charge in [-0.15, -0.1) is 0 Å². The highest BCUT2D eigenvalue weighted by Gasteiger charge is 2.21. The number of aromatic nitrogens is 2. The molecule has 1 fully saturated rings. The van der Waals surface area contributed by atoms with Gasteiger partial charge in [0.2, 0.25) is 0 Å². The molecule has 0 aliphatic heterocycles. The summed E-state index contributed by atoms with van der Waals surface area (Å²) in [5.74, 6) is 3.63. The molecule has 1 aromatic carbocycles. The van der Waals surface area contributed by atoms with Gasteiger partial charge in [0.25, 0.3) is 0 Å². The van der Waals surface area contributed by atoms with E-state index in [9.17, 15) is 0 Å². The maximum Gasteiger partial charge on any atom is 0.128 e. The fourth-order valence-corrected chi connectivity index (χ4v) is 5.22. The first-order chi connectivity index (χ1) is 16.2. The van der Waals surface area contributed by atoms with Gasteiger partial charge in [-0.25, -0.2) is 9.97 Å². The van der Waals surface area contributed by atoms with Crippen LogP contribution in [0.2, 0.25) is 0 Å². The molecule has 182 valence electrons. The minimum Gasteiger partial charge on any atom is -0.493 e. The van der Waals surface area contributed by atoms with Crippen molar-refractivity contribution >= 4 is 0 Å².